The molecule has 1 amide bonds. The number of nitrogens with zero attached hydrogens (tertiary/aromatic N) is 2. The first-order chi connectivity index (χ1) is 12.1. The third-order valence-electron chi connectivity index (χ3n) is 3.39. The molecule has 1 N–H and O–H groups in total. The zero-order valence-corrected chi connectivity index (χ0v) is 13.9. The zero-order chi connectivity index (χ0) is 17.8. The summed E-state index contributed by atoms with van der Waals surface area (Å²) in [5, 5.41) is 9.70. The van der Waals surface area contributed by atoms with Crippen LogP contribution in [0.2, 0.25) is 0 Å². The number of carbonyl (C=O) groups is 1. The minimum Gasteiger partial charge on any atom is -0.407 e. The van der Waals surface area contributed by atoms with Crippen LogP contribution in [0, 0.1) is 11.6 Å². The number of rotatable bonds is 5. The summed E-state index contributed by atoms with van der Waals surface area (Å²) < 4.78 is 32.5. The van der Waals surface area contributed by atoms with E-state index in [1.807, 2.05) is 30.5 Å². The summed E-state index contributed by atoms with van der Waals surface area (Å²) >= 11 is 1.63. The molecule has 0 radical (unpaired) electrons. The van der Waals surface area contributed by atoms with Crippen molar-refractivity contribution in [3.05, 3.63) is 71.1 Å². The van der Waals surface area contributed by atoms with Gasteiger partial charge in [-0.1, -0.05) is 23.3 Å². The lowest BCUT2D eigenvalue weighted by Crippen LogP contribution is -2.16. The van der Waals surface area contributed by atoms with Gasteiger partial charge in [0.15, 0.2) is 0 Å². The summed E-state index contributed by atoms with van der Waals surface area (Å²) in [6.45, 7) is 0. The van der Waals surface area contributed by atoms with Crippen molar-refractivity contribution in [2.45, 2.75) is 11.3 Å². The van der Waals surface area contributed by atoms with Gasteiger partial charge in [-0.2, -0.15) is 0 Å². The van der Waals surface area contributed by atoms with Crippen LogP contribution in [0.1, 0.15) is 21.8 Å². The Bertz CT molecular complexity index is 877. The lowest BCUT2D eigenvalue weighted by molar-refractivity contribution is 0.101. The molecule has 5 nitrogen and oxygen atoms in total. The third-order valence-corrected chi connectivity index (χ3v) is 4.14. The smallest absolute Gasteiger partial charge is 0.322 e. The van der Waals surface area contributed by atoms with E-state index in [0.29, 0.717) is 6.42 Å². The van der Waals surface area contributed by atoms with Gasteiger partial charge in [0.05, 0.1) is 6.42 Å². The SMILES string of the molecule is CSc1ccc(Cc2nnc(NC(=O)c3c(F)cccc3F)o2)cc1. The van der Waals surface area contributed by atoms with Gasteiger partial charge < -0.3 is 4.42 Å². The maximum absolute atomic E-state index is 13.6. The van der Waals surface area contributed by atoms with Gasteiger partial charge in [0.25, 0.3) is 5.91 Å². The van der Waals surface area contributed by atoms with E-state index < -0.39 is 23.1 Å². The summed E-state index contributed by atoms with van der Waals surface area (Å²) in [6, 6.07) is 10.8. The topological polar surface area (TPSA) is 68.0 Å². The minimum atomic E-state index is -0.991. The van der Waals surface area contributed by atoms with Crippen molar-refractivity contribution in [3.63, 3.8) is 0 Å². The van der Waals surface area contributed by atoms with Crippen LogP contribution in [0.5, 0.6) is 0 Å². The van der Waals surface area contributed by atoms with Crippen LogP contribution in [0.3, 0.4) is 0 Å². The van der Waals surface area contributed by atoms with Crippen molar-refractivity contribution in [2.75, 3.05) is 11.6 Å². The molecule has 0 atom stereocenters. The van der Waals surface area contributed by atoms with Crippen molar-refractivity contribution < 1.29 is 18.0 Å². The van der Waals surface area contributed by atoms with Crippen LogP contribution in [0.15, 0.2) is 51.8 Å². The predicted octanol–water partition coefficient (Wildman–Crippen LogP) is 3.91. The van der Waals surface area contributed by atoms with Crippen LogP contribution in [0.4, 0.5) is 14.8 Å². The van der Waals surface area contributed by atoms with E-state index >= 15 is 0 Å². The van der Waals surface area contributed by atoms with Crippen molar-refractivity contribution in [3.8, 4) is 0 Å². The zero-order valence-electron chi connectivity index (χ0n) is 13.1. The van der Waals surface area contributed by atoms with Gasteiger partial charge in [-0.25, -0.2) is 8.78 Å². The van der Waals surface area contributed by atoms with Crippen LogP contribution in [0.25, 0.3) is 0 Å². The molecule has 1 heterocycles. The number of hydrogen-bond donors (Lipinski definition) is 1. The van der Waals surface area contributed by atoms with Crippen LogP contribution in [-0.2, 0) is 6.42 Å². The molecular formula is C17H13F2N3O2S. The van der Waals surface area contributed by atoms with Crippen LogP contribution < -0.4 is 5.32 Å². The molecule has 3 rings (SSSR count). The maximum Gasteiger partial charge on any atom is 0.322 e. The Labute approximate surface area is 146 Å². The molecule has 2 aromatic carbocycles. The molecule has 0 saturated carbocycles. The Morgan fingerprint density at radius 3 is 2.44 bits per heavy atom. The fourth-order valence-electron chi connectivity index (χ4n) is 2.17. The number of carbonyl (C=O) groups excluding carboxylic acids is 1. The summed E-state index contributed by atoms with van der Waals surface area (Å²) in [5.74, 6) is -2.64. The highest BCUT2D eigenvalue weighted by atomic mass is 32.2. The first-order valence-electron chi connectivity index (χ1n) is 7.27. The van der Waals surface area contributed by atoms with Crippen molar-refractivity contribution in [1.29, 1.82) is 0 Å². The van der Waals surface area contributed by atoms with Gasteiger partial charge >= 0.3 is 6.01 Å². The van der Waals surface area contributed by atoms with E-state index in [2.05, 4.69) is 15.5 Å². The lowest BCUT2D eigenvalue weighted by atomic mass is 10.1. The second-order valence-electron chi connectivity index (χ2n) is 5.08. The number of benzene rings is 2. The van der Waals surface area contributed by atoms with Gasteiger partial charge in [-0.05, 0) is 36.1 Å². The highest BCUT2D eigenvalue weighted by Crippen LogP contribution is 2.18. The largest absolute Gasteiger partial charge is 0.407 e. The Morgan fingerprint density at radius 2 is 1.80 bits per heavy atom. The minimum absolute atomic E-state index is 0.219. The van der Waals surface area contributed by atoms with Gasteiger partial charge in [0.1, 0.15) is 17.2 Å². The van der Waals surface area contributed by atoms with Crippen LogP contribution in [-0.4, -0.2) is 22.4 Å². The maximum atomic E-state index is 13.6. The van der Waals surface area contributed by atoms with Gasteiger partial charge in [0, 0.05) is 4.90 Å². The second kappa shape index (κ2) is 7.43. The van der Waals surface area contributed by atoms with E-state index in [4.69, 9.17) is 4.42 Å². The van der Waals surface area contributed by atoms with E-state index in [9.17, 15) is 13.6 Å². The Kier molecular flexibility index (Phi) is 5.08. The number of thioether (sulfide) groups is 1. The quantitative estimate of drug-likeness (QED) is 0.698. The number of hydrogen-bond acceptors (Lipinski definition) is 5. The number of halogens is 2. The molecule has 0 saturated heterocycles. The van der Waals surface area contributed by atoms with E-state index in [-0.39, 0.29) is 11.9 Å². The first-order valence-corrected chi connectivity index (χ1v) is 8.50. The van der Waals surface area contributed by atoms with Gasteiger partial charge in [0.2, 0.25) is 5.89 Å². The Balaban J connectivity index is 1.70. The molecule has 8 heteroatoms. The van der Waals surface area contributed by atoms with Crippen molar-refractivity contribution in [2.24, 2.45) is 0 Å². The molecule has 3 aromatic rings. The highest BCUT2D eigenvalue weighted by Gasteiger charge is 2.19. The fourth-order valence-corrected chi connectivity index (χ4v) is 2.58. The molecule has 0 aliphatic heterocycles. The molecule has 0 bridgehead atoms. The first kappa shape index (κ1) is 17.1. The average Bonchev–Trinajstić information content (AvgIpc) is 3.02. The molecule has 0 aliphatic carbocycles. The molecule has 1 aromatic heterocycles. The summed E-state index contributed by atoms with van der Waals surface area (Å²) in [7, 11) is 0. The van der Waals surface area contributed by atoms with E-state index in [1.165, 1.54) is 6.07 Å². The fraction of sp³-hybridized carbons (Fsp3) is 0.118. The number of aromatic nitrogens is 2. The monoisotopic (exact) mass is 361 g/mol. The third kappa shape index (κ3) is 4.03. The number of nitrogens with one attached hydrogen (secondary N) is 1. The van der Waals surface area contributed by atoms with E-state index in [0.717, 1.165) is 22.6 Å². The van der Waals surface area contributed by atoms with Crippen molar-refractivity contribution >= 4 is 23.7 Å². The Morgan fingerprint density at radius 1 is 1.12 bits per heavy atom. The molecule has 128 valence electrons. The molecule has 25 heavy (non-hydrogen) atoms. The normalized spacial score (nSPS) is 10.7. The highest BCUT2D eigenvalue weighted by molar-refractivity contribution is 7.98. The predicted molar refractivity (Wildman–Crippen MR) is 89.6 cm³/mol. The van der Waals surface area contributed by atoms with Gasteiger partial charge in [-0.3, -0.25) is 10.1 Å². The summed E-state index contributed by atoms with van der Waals surface area (Å²) in [5.41, 5.74) is 0.259. The number of amides is 1. The average molecular weight is 361 g/mol. The standard InChI is InChI=1S/C17H13F2N3O2S/c1-25-11-7-5-10(6-8-11)9-14-21-22-17(24-14)20-16(23)15-12(18)3-2-4-13(15)19/h2-8H,9H2,1H3,(H,20,22,23). The molecule has 0 unspecified atom stereocenters. The van der Waals surface area contributed by atoms with Crippen molar-refractivity contribution in [1.82, 2.24) is 10.2 Å². The molecular weight excluding hydrogens is 348 g/mol. The van der Waals surface area contributed by atoms with Gasteiger partial charge in [-0.15, -0.1) is 16.9 Å². The Hall–Kier alpha value is -2.74. The molecule has 0 fully saturated rings. The van der Waals surface area contributed by atoms with E-state index in [1.54, 1.807) is 11.8 Å². The summed E-state index contributed by atoms with van der Waals surface area (Å²) in [6.07, 6.45) is 2.37. The second-order valence-corrected chi connectivity index (χ2v) is 5.96. The molecule has 0 aliphatic rings. The number of anilines is 1. The summed E-state index contributed by atoms with van der Waals surface area (Å²) in [4.78, 5) is 13.1. The lowest BCUT2D eigenvalue weighted by Gasteiger charge is -2.03. The van der Waals surface area contributed by atoms with Crippen LogP contribution >= 0.6 is 11.8 Å². The molecule has 0 spiro atoms.